The second-order valence-electron chi connectivity index (χ2n) is 3.38. The number of benzene rings is 1. The number of nitrogens with one attached hydrogen (secondary N) is 1. The van der Waals surface area contributed by atoms with E-state index in [0.717, 1.165) is 4.90 Å². The van der Waals surface area contributed by atoms with Crippen molar-refractivity contribution in [2.75, 3.05) is 11.0 Å². The average molecular weight is 304 g/mol. The summed E-state index contributed by atoms with van der Waals surface area (Å²) >= 11 is 7.29. The minimum atomic E-state index is -3.71. The molecule has 0 unspecified atom stereocenters. The quantitative estimate of drug-likeness (QED) is 0.879. The van der Waals surface area contributed by atoms with Crippen LogP contribution in [-0.4, -0.2) is 14.7 Å². The van der Waals surface area contributed by atoms with Gasteiger partial charge in [0.15, 0.2) is 0 Å². The third kappa shape index (κ3) is 2.82. The zero-order chi connectivity index (χ0) is 13.2. The van der Waals surface area contributed by atoms with E-state index in [1.807, 2.05) is 6.26 Å². The van der Waals surface area contributed by atoms with Crippen LogP contribution in [0.25, 0.3) is 0 Å². The van der Waals surface area contributed by atoms with E-state index >= 15 is 0 Å². The van der Waals surface area contributed by atoms with Gasteiger partial charge in [-0.1, -0.05) is 11.6 Å². The number of anilines is 1. The molecule has 2 aromatic rings. The fraction of sp³-hybridized carbons (Fsp3) is 0.0909. The van der Waals surface area contributed by atoms with E-state index in [2.05, 4.69) is 4.72 Å². The topological polar surface area (TPSA) is 59.3 Å². The predicted molar refractivity (Wildman–Crippen MR) is 72.7 cm³/mol. The van der Waals surface area contributed by atoms with Crippen LogP contribution >= 0.6 is 23.4 Å². The minimum absolute atomic E-state index is 0.130. The number of sulfonamides is 1. The van der Waals surface area contributed by atoms with Gasteiger partial charge in [0.2, 0.25) is 5.09 Å². The molecular formula is C11H10ClNO3S2. The Morgan fingerprint density at radius 2 is 2.11 bits per heavy atom. The maximum atomic E-state index is 12.0. The van der Waals surface area contributed by atoms with Gasteiger partial charge >= 0.3 is 0 Å². The van der Waals surface area contributed by atoms with Gasteiger partial charge in [0.25, 0.3) is 10.0 Å². The Morgan fingerprint density at radius 1 is 1.33 bits per heavy atom. The second kappa shape index (κ2) is 5.26. The first-order valence-electron chi connectivity index (χ1n) is 4.93. The number of furan rings is 1. The number of halogens is 1. The van der Waals surface area contributed by atoms with Crippen molar-refractivity contribution >= 4 is 39.1 Å². The summed E-state index contributed by atoms with van der Waals surface area (Å²) < 4.78 is 31.3. The van der Waals surface area contributed by atoms with Gasteiger partial charge in [0.1, 0.15) is 0 Å². The molecule has 0 aliphatic carbocycles. The van der Waals surface area contributed by atoms with Crippen LogP contribution < -0.4 is 4.72 Å². The molecule has 96 valence electrons. The first-order chi connectivity index (χ1) is 8.53. The maximum absolute atomic E-state index is 12.0. The zero-order valence-corrected chi connectivity index (χ0v) is 11.8. The molecule has 0 fully saturated rings. The summed E-state index contributed by atoms with van der Waals surface area (Å²) in [5, 5.41) is 0.333. The Balaban J connectivity index is 2.37. The molecule has 4 nitrogen and oxygen atoms in total. The summed E-state index contributed by atoms with van der Waals surface area (Å²) in [5.41, 5.74) is 0.436. The van der Waals surface area contributed by atoms with E-state index in [4.69, 9.17) is 16.0 Å². The molecule has 0 radical (unpaired) electrons. The average Bonchev–Trinajstić information content (AvgIpc) is 2.83. The van der Waals surface area contributed by atoms with Gasteiger partial charge in [-0.2, -0.15) is 8.42 Å². The predicted octanol–water partition coefficient (Wildman–Crippen LogP) is 3.46. The van der Waals surface area contributed by atoms with Crippen LogP contribution in [0.2, 0.25) is 5.02 Å². The van der Waals surface area contributed by atoms with Crippen molar-refractivity contribution in [3.63, 3.8) is 0 Å². The molecule has 0 saturated heterocycles. The highest BCUT2D eigenvalue weighted by atomic mass is 35.5. The molecule has 1 aromatic heterocycles. The molecule has 1 heterocycles. The molecule has 0 bridgehead atoms. The Bertz CT molecular complexity index is 638. The van der Waals surface area contributed by atoms with Crippen molar-refractivity contribution in [3.8, 4) is 0 Å². The first kappa shape index (κ1) is 13.3. The fourth-order valence-corrected chi connectivity index (χ4v) is 3.14. The monoisotopic (exact) mass is 303 g/mol. The molecule has 0 saturated carbocycles. The Morgan fingerprint density at radius 3 is 2.72 bits per heavy atom. The van der Waals surface area contributed by atoms with Crippen LogP contribution in [-0.2, 0) is 10.0 Å². The molecule has 0 aliphatic rings. The summed E-state index contributed by atoms with van der Waals surface area (Å²) in [4.78, 5) is 0.787. The van der Waals surface area contributed by atoms with E-state index in [-0.39, 0.29) is 5.09 Å². The molecule has 0 amide bonds. The highest BCUT2D eigenvalue weighted by molar-refractivity contribution is 7.99. The third-order valence-corrected chi connectivity index (χ3v) is 4.45. The fourth-order valence-electron chi connectivity index (χ4n) is 1.37. The summed E-state index contributed by atoms with van der Waals surface area (Å²) in [7, 11) is -3.71. The first-order valence-corrected chi connectivity index (χ1v) is 8.01. The summed E-state index contributed by atoms with van der Waals surface area (Å²) in [6, 6.07) is 7.92. The lowest BCUT2D eigenvalue weighted by Gasteiger charge is -2.10. The van der Waals surface area contributed by atoms with E-state index in [9.17, 15) is 8.42 Å². The Kier molecular flexibility index (Phi) is 3.89. The Labute approximate surface area is 114 Å². The maximum Gasteiger partial charge on any atom is 0.295 e. The van der Waals surface area contributed by atoms with Crippen LogP contribution in [0.4, 0.5) is 5.69 Å². The van der Waals surface area contributed by atoms with Crippen LogP contribution in [0.3, 0.4) is 0 Å². The van der Waals surface area contributed by atoms with Crippen molar-refractivity contribution < 1.29 is 12.8 Å². The number of thioether (sulfide) groups is 1. The van der Waals surface area contributed by atoms with E-state index < -0.39 is 10.0 Å². The number of rotatable bonds is 4. The second-order valence-corrected chi connectivity index (χ2v) is 6.28. The summed E-state index contributed by atoms with van der Waals surface area (Å²) in [6.45, 7) is 0. The van der Waals surface area contributed by atoms with Gasteiger partial charge in [-0.25, -0.2) is 0 Å². The van der Waals surface area contributed by atoms with Crippen molar-refractivity contribution in [1.29, 1.82) is 0 Å². The van der Waals surface area contributed by atoms with Crippen LogP contribution in [0.5, 0.6) is 0 Å². The minimum Gasteiger partial charge on any atom is -0.451 e. The van der Waals surface area contributed by atoms with Crippen LogP contribution in [0, 0.1) is 0 Å². The van der Waals surface area contributed by atoms with E-state index in [1.165, 1.54) is 30.2 Å². The molecule has 0 atom stereocenters. The van der Waals surface area contributed by atoms with Gasteiger partial charge in [0.05, 0.1) is 12.0 Å². The summed E-state index contributed by atoms with van der Waals surface area (Å²) in [5.74, 6) is 0. The Hall–Kier alpha value is -1.11. The number of hydrogen-bond donors (Lipinski definition) is 1. The SMILES string of the molecule is CSc1ccc(Cl)cc1NS(=O)(=O)c1ccco1. The lowest BCUT2D eigenvalue weighted by Crippen LogP contribution is -2.12. The van der Waals surface area contributed by atoms with Gasteiger partial charge in [-0.15, -0.1) is 11.8 Å². The standard InChI is InChI=1S/C11H10ClNO3S2/c1-17-10-5-4-8(12)7-9(10)13-18(14,15)11-3-2-6-16-11/h2-7,13H,1H3. The van der Waals surface area contributed by atoms with Crippen LogP contribution in [0.15, 0.2) is 51.0 Å². The van der Waals surface area contributed by atoms with Gasteiger partial charge in [-0.05, 0) is 36.6 Å². The molecule has 0 spiro atoms. The van der Waals surface area contributed by atoms with Crippen molar-refractivity contribution in [2.24, 2.45) is 0 Å². The van der Waals surface area contributed by atoms with Gasteiger partial charge < -0.3 is 4.42 Å². The van der Waals surface area contributed by atoms with Crippen molar-refractivity contribution in [1.82, 2.24) is 0 Å². The zero-order valence-electron chi connectivity index (χ0n) is 9.38. The largest absolute Gasteiger partial charge is 0.451 e. The summed E-state index contributed by atoms with van der Waals surface area (Å²) in [6.07, 6.45) is 3.16. The highest BCUT2D eigenvalue weighted by Gasteiger charge is 2.18. The van der Waals surface area contributed by atoms with Gasteiger partial charge in [0, 0.05) is 9.92 Å². The molecule has 7 heteroatoms. The van der Waals surface area contributed by atoms with E-state index in [0.29, 0.717) is 10.7 Å². The molecule has 0 aliphatic heterocycles. The van der Waals surface area contributed by atoms with Crippen molar-refractivity contribution in [3.05, 3.63) is 41.6 Å². The van der Waals surface area contributed by atoms with Crippen molar-refractivity contribution in [2.45, 2.75) is 9.99 Å². The van der Waals surface area contributed by atoms with E-state index in [1.54, 1.807) is 18.2 Å². The lowest BCUT2D eigenvalue weighted by atomic mass is 10.3. The molecule has 18 heavy (non-hydrogen) atoms. The third-order valence-electron chi connectivity index (χ3n) is 2.17. The van der Waals surface area contributed by atoms with Gasteiger partial charge in [-0.3, -0.25) is 4.72 Å². The lowest BCUT2D eigenvalue weighted by molar-refractivity contribution is 0.452. The normalized spacial score (nSPS) is 11.4. The molecule has 1 aromatic carbocycles. The number of hydrogen-bond acceptors (Lipinski definition) is 4. The molecule has 1 N–H and O–H groups in total. The molecule has 2 rings (SSSR count). The molecular weight excluding hydrogens is 294 g/mol. The van der Waals surface area contributed by atoms with Crippen LogP contribution in [0.1, 0.15) is 0 Å². The smallest absolute Gasteiger partial charge is 0.295 e. The highest BCUT2D eigenvalue weighted by Crippen LogP contribution is 2.30.